The molecular formula is C14H26N2OS2. The molecule has 1 heterocycles. The van der Waals surface area contributed by atoms with Gasteiger partial charge in [-0.3, -0.25) is 4.79 Å². The zero-order valence-electron chi connectivity index (χ0n) is 11.7. The molecule has 1 saturated heterocycles. The fourth-order valence-corrected chi connectivity index (χ4v) is 5.28. The van der Waals surface area contributed by atoms with E-state index >= 15 is 0 Å². The first-order valence-corrected chi connectivity index (χ1v) is 9.77. The van der Waals surface area contributed by atoms with Crippen LogP contribution in [0.25, 0.3) is 0 Å². The maximum atomic E-state index is 11.9. The van der Waals surface area contributed by atoms with Gasteiger partial charge in [0.1, 0.15) is 0 Å². The smallest absolute Gasteiger partial charge is 0.234 e. The maximum Gasteiger partial charge on any atom is 0.234 e. The Hall–Kier alpha value is 0.130. The highest BCUT2D eigenvalue weighted by Gasteiger charge is 2.21. The van der Waals surface area contributed by atoms with E-state index in [-0.39, 0.29) is 11.2 Å². The van der Waals surface area contributed by atoms with Gasteiger partial charge in [0, 0.05) is 36.4 Å². The van der Waals surface area contributed by atoms with E-state index in [4.69, 9.17) is 0 Å². The molecule has 2 aliphatic rings. The second-order valence-corrected chi connectivity index (χ2v) is 7.83. The van der Waals surface area contributed by atoms with Gasteiger partial charge in [0.25, 0.3) is 0 Å². The number of carbonyl (C=O) groups excluding carboxylic acids is 1. The van der Waals surface area contributed by atoms with Crippen LogP contribution in [-0.2, 0) is 4.79 Å². The van der Waals surface area contributed by atoms with Crippen molar-refractivity contribution in [3.63, 3.8) is 0 Å². The number of hydrogen-bond donors (Lipinski definition) is 2. The Morgan fingerprint density at radius 3 is 2.53 bits per heavy atom. The summed E-state index contributed by atoms with van der Waals surface area (Å²) in [6.45, 7) is 1.69. The van der Waals surface area contributed by atoms with Crippen molar-refractivity contribution in [3.05, 3.63) is 0 Å². The van der Waals surface area contributed by atoms with E-state index in [0.717, 1.165) is 24.6 Å². The van der Waals surface area contributed by atoms with Gasteiger partial charge < -0.3 is 10.6 Å². The number of nitrogens with one attached hydrogen (secondary N) is 2. The molecule has 0 aromatic carbocycles. The Morgan fingerprint density at radius 1 is 1.05 bits per heavy atom. The number of rotatable bonds is 5. The molecule has 0 bridgehead atoms. The van der Waals surface area contributed by atoms with Crippen LogP contribution < -0.4 is 10.6 Å². The molecule has 1 aliphatic heterocycles. The molecule has 0 aromatic rings. The standard InChI is InChI=1S/C14H26N2OS2/c17-14(13-11-18-9-10-19-13)16-8-7-15-12-5-3-1-2-4-6-12/h12-13,15H,1-11H2,(H,16,17). The second-order valence-electron chi connectivity index (χ2n) is 5.37. The summed E-state index contributed by atoms with van der Waals surface area (Å²) >= 11 is 3.71. The van der Waals surface area contributed by atoms with Crippen LogP contribution in [0.3, 0.4) is 0 Å². The Kier molecular flexibility index (Phi) is 7.46. The van der Waals surface area contributed by atoms with Gasteiger partial charge in [0.15, 0.2) is 0 Å². The minimum atomic E-state index is 0.177. The molecule has 5 heteroatoms. The molecule has 2 fully saturated rings. The van der Waals surface area contributed by atoms with Crippen LogP contribution in [0.1, 0.15) is 38.5 Å². The number of hydrogen-bond acceptors (Lipinski definition) is 4. The molecule has 0 spiro atoms. The van der Waals surface area contributed by atoms with Crippen molar-refractivity contribution in [1.29, 1.82) is 0 Å². The molecule has 0 radical (unpaired) electrons. The molecule has 3 nitrogen and oxygen atoms in total. The monoisotopic (exact) mass is 302 g/mol. The highest BCUT2D eigenvalue weighted by atomic mass is 32.2. The van der Waals surface area contributed by atoms with E-state index in [1.165, 1.54) is 44.3 Å². The summed E-state index contributed by atoms with van der Waals surface area (Å²) in [6, 6.07) is 0.680. The zero-order valence-corrected chi connectivity index (χ0v) is 13.3. The van der Waals surface area contributed by atoms with Gasteiger partial charge in [-0.2, -0.15) is 11.8 Å². The van der Waals surface area contributed by atoms with Gasteiger partial charge in [-0.05, 0) is 12.8 Å². The maximum absolute atomic E-state index is 11.9. The average Bonchev–Trinajstić information content (AvgIpc) is 2.73. The van der Waals surface area contributed by atoms with E-state index in [1.54, 1.807) is 11.8 Å². The highest BCUT2D eigenvalue weighted by molar-refractivity contribution is 8.07. The second kappa shape index (κ2) is 9.14. The predicted molar refractivity (Wildman–Crippen MR) is 86.1 cm³/mol. The van der Waals surface area contributed by atoms with Crippen molar-refractivity contribution < 1.29 is 4.79 Å². The van der Waals surface area contributed by atoms with Crippen LogP contribution in [-0.4, -0.2) is 47.5 Å². The van der Waals surface area contributed by atoms with E-state index in [2.05, 4.69) is 10.6 Å². The topological polar surface area (TPSA) is 41.1 Å². The van der Waals surface area contributed by atoms with Gasteiger partial charge >= 0.3 is 0 Å². The van der Waals surface area contributed by atoms with Gasteiger partial charge in [-0.1, -0.05) is 25.7 Å². The molecule has 1 unspecified atom stereocenters. The van der Waals surface area contributed by atoms with Crippen molar-refractivity contribution >= 4 is 29.4 Å². The predicted octanol–water partition coefficient (Wildman–Crippen LogP) is 2.26. The molecule has 19 heavy (non-hydrogen) atoms. The SMILES string of the molecule is O=C(NCCNC1CCCCCC1)C1CSCCS1. The van der Waals surface area contributed by atoms with Gasteiger partial charge in [-0.25, -0.2) is 0 Å². The average molecular weight is 303 g/mol. The fraction of sp³-hybridized carbons (Fsp3) is 0.929. The molecule has 0 aromatic heterocycles. The third kappa shape index (κ3) is 5.96. The minimum absolute atomic E-state index is 0.177. The van der Waals surface area contributed by atoms with Gasteiger partial charge in [0.05, 0.1) is 5.25 Å². The third-order valence-electron chi connectivity index (χ3n) is 3.82. The summed E-state index contributed by atoms with van der Waals surface area (Å²) in [5.74, 6) is 3.52. The van der Waals surface area contributed by atoms with Crippen molar-refractivity contribution in [3.8, 4) is 0 Å². The summed E-state index contributed by atoms with van der Waals surface area (Å²) in [5, 5.41) is 6.84. The van der Waals surface area contributed by atoms with Crippen LogP contribution in [0.15, 0.2) is 0 Å². The lowest BCUT2D eigenvalue weighted by atomic mass is 10.1. The highest BCUT2D eigenvalue weighted by Crippen LogP contribution is 2.23. The fourth-order valence-electron chi connectivity index (χ4n) is 2.70. The van der Waals surface area contributed by atoms with Gasteiger partial charge in [0.2, 0.25) is 5.91 Å². The van der Waals surface area contributed by atoms with Gasteiger partial charge in [-0.15, -0.1) is 11.8 Å². The Morgan fingerprint density at radius 2 is 1.84 bits per heavy atom. The molecule has 1 saturated carbocycles. The Balaban J connectivity index is 1.54. The molecule has 1 amide bonds. The minimum Gasteiger partial charge on any atom is -0.354 e. The molecule has 2 rings (SSSR count). The lowest BCUT2D eigenvalue weighted by molar-refractivity contribution is -0.120. The molecule has 2 N–H and O–H groups in total. The van der Waals surface area contributed by atoms with Crippen LogP contribution in [0.2, 0.25) is 0 Å². The summed E-state index contributed by atoms with van der Waals surface area (Å²) in [5.41, 5.74) is 0. The van der Waals surface area contributed by atoms with Crippen molar-refractivity contribution in [2.75, 3.05) is 30.3 Å². The largest absolute Gasteiger partial charge is 0.354 e. The van der Waals surface area contributed by atoms with Crippen LogP contribution in [0, 0.1) is 0 Å². The molecule has 110 valence electrons. The van der Waals surface area contributed by atoms with Crippen LogP contribution in [0.5, 0.6) is 0 Å². The summed E-state index contributed by atoms with van der Waals surface area (Å²) in [6.07, 6.45) is 8.13. The Bertz CT molecular complexity index is 262. The molecule has 1 atom stereocenters. The number of amides is 1. The molecular weight excluding hydrogens is 276 g/mol. The third-order valence-corrected chi connectivity index (χ3v) is 6.57. The van der Waals surface area contributed by atoms with E-state index < -0.39 is 0 Å². The summed E-state index contributed by atoms with van der Waals surface area (Å²) < 4.78 is 0. The van der Waals surface area contributed by atoms with E-state index in [9.17, 15) is 4.79 Å². The number of thioether (sulfide) groups is 2. The zero-order chi connectivity index (χ0) is 13.3. The summed E-state index contributed by atoms with van der Waals surface area (Å²) in [7, 11) is 0. The number of carbonyl (C=O) groups is 1. The Labute approximate surface area is 125 Å². The first-order chi connectivity index (χ1) is 9.36. The van der Waals surface area contributed by atoms with Crippen LogP contribution >= 0.6 is 23.5 Å². The lowest BCUT2D eigenvalue weighted by Crippen LogP contribution is -2.41. The van der Waals surface area contributed by atoms with Crippen molar-refractivity contribution in [2.45, 2.75) is 49.8 Å². The van der Waals surface area contributed by atoms with E-state index in [1.807, 2.05) is 11.8 Å². The van der Waals surface area contributed by atoms with E-state index in [0.29, 0.717) is 6.04 Å². The first kappa shape index (κ1) is 15.5. The normalized spacial score (nSPS) is 25.8. The van der Waals surface area contributed by atoms with Crippen molar-refractivity contribution in [1.82, 2.24) is 10.6 Å². The summed E-state index contributed by atoms with van der Waals surface area (Å²) in [4.78, 5) is 11.9. The quantitative estimate of drug-likeness (QED) is 0.604. The van der Waals surface area contributed by atoms with Crippen LogP contribution in [0.4, 0.5) is 0 Å². The van der Waals surface area contributed by atoms with Crippen molar-refractivity contribution in [2.24, 2.45) is 0 Å². The molecule has 1 aliphatic carbocycles. The lowest BCUT2D eigenvalue weighted by Gasteiger charge is -2.21. The first-order valence-electron chi connectivity index (χ1n) is 7.57.